The smallest absolute Gasteiger partial charge is 0.264 e. The van der Waals surface area contributed by atoms with E-state index in [2.05, 4.69) is 5.32 Å². The summed E-state index contributed by atoms with van der Waals surface area (Å²) in [6.07, 6.45) is 0.232. The Kier molecular flexibility index (Phi) is 10.4. The third-order valence-corrected chi connectivity index (χ3v) is 9.07. The number of anilines is 1. The van der Waals surface area contributed by atoms with E-state index in [9.17, 15) is 18.0 Å². The normalized spacial score (nSPS) is 11.8. The molecule has 0 heterocycles. The van der Waals surface area contributed by atoms with Gasteiger partial charge in [0.1, 0.15) is 18.3 Å². The molecule has 8 nitrogen and oxygen atoms in total. The fourth-order valence-electron chi connectivity index (χ4n) is 4.62. The van der Waals surface area contributed by atoms with Crippen LogP contribution in [-0.2, 0) is 32.6 Å². The first-order valence-corrected chi connectivity index (χ1v) is 15.5. The molecule has 0 aliphatic rings. The second-order valence-corrected chi connectivity index (χ2v) is 12.3. The SMILES string of the molecule is CNC(=O)C(Cc1ccccc1)N(Cc1ccc(Cl)cc1)C(=O)CN(c1ccc(C)cc1)S(=O)(=O)c1ccc(OC)cc1. The monoisotopic (exact) mass is 619 g/mol. The fourth-order valence-corrected chi connectivity index (χ4v) is 6.16. The number of aryl methyl sites for hydroxylation is 1. The van der Waals surface area contributed by atoms with Crippen LogP contribution in [0.5, 0.6) is 5.75 Å². The highest BCUT2D eigenvalue weighted by Crippen LogP contribution is 2.27. The van der Waals surface area contributed by atoms with Gasteiger partial charge in [0.25, 0.3) is 10.0 Å². The van der Waals surface area contributed by atoms with Gasteiger partial charge in [-0.3, -0.25) is 13.9 Å². The van der Waals surface area contributed by atoms with Gasteiger partial charge in [0.05, 0.1) is 17.7 Å². The molecule has 43 heavy (non-hydrogen) atoms. The molecule has 0 spiro atoms. The molecule has 0 bridgehead atoms. The van der Waals surface area contributed by atoms with E-state index in [4.69, 9.17) is 16.3 Å². The number of carbonyl (C=O) groups excluding carboxylic acids is 2. The molecule has 4 rings (SSSR count). The first-order chi connectivity index (χ1) is 20.6. The summed E-state index contributed by atoms with van der Waals surface area (Å²) in [7, 11) is -1.19. The molecule has 0 aliphatic heterocycles. The molecule has 0 aromatic heterocycles. The summed E-state index contributed by atoms with van der Waals surface area (Å²) in [5, 5.41) is 3.21. The minimum Gasteiger partial charge on any atom is -0.497 e. The van der Waals surface area contributed by atoms with E-state index in [-0.39, 0.29) is 23.8 Å². The number of likely N-dealkylation sites (N-methyl/N-ethyl adjacent to an activating group) is 1. The maximum absolute atomic E-state index is 14.3. The summed E-state index contributed by atoms with van der Waals surface area (Å²) < 4.78 is 34.4. The second-order valence-electron chi connectivity index (χ2n) is 9.99. The molecular formula is C33H34ClN3O5S. The molecule has 0 radical (unpaired) electrons. The number of benzene rings is 4. The number of ether oxygens (including phenoxy) is 1. The maximum Gasteiger partial charge on any atom is 0.264 e. The summed E-state index contributed by atoms with van der Waals surface area (Å²) in [4.78, 5) is 29.0. The zero-order valence-corrected chi connectivity index (χ0v) is 25.8. The van der Waals surface area contributed by atoms with Crippen molar-refractivity contribution in [2.75, 3.05) is 25.0 Å². The molecule has 10 heteroatoms. The van der Waals surface area contributed by atoms with Gasteiger partial charge in [-0.2, -0.15) is 0 Å². The van der Waals surface area contributed by atoms with Crippen LogP contribution in [0.1, 0.15) is 16.7 Å². The summed E-state index contributed by atoms with van der Waals surface area (Å²) in [5.74, 6) is -0.413. The Morgan fingerprint density at radius 3 is 2.07 bits per heavy atom. The van der Waals surface area contributed by atoms with E-state index in [1.807, 2.05) is 37.3 Å². The topological polar surface area (TPSA) is 96.0 Å². The van der Waals surface area contributed by atoms with E-state index in [0.29, 0.717) is 16.5 Å². The lowest BCUT2D eigenvalue weighted by atomic mass is 10.0. The third-order valence-electron chi connectivity index (χ3n) is 7.03. The molecule has 1 unspecified atom stereocenters. The van der Waals surface area contributed by atoms with Crippen molar-refractivity contribution < 1.29 is 22.7 Å². The summed E-state index contributed by atoms with van der Waals surface area (Å²) in [5.41, 5.74) is 2.84. The Balaban J connectivity index is 1.77. The van der Waals surface area contributed by atoms with Crippen molar-refractivity contribution in [1.29, 1.82) is 0 Å². The van der Waals surface area contributed by atoms with Gasteiger partial charge in [0, 0.05) is 25.0 Å². The number of methoxy groups -OCH3 is 1. The van der Waals surface area contributed by atoms with Crippen molar-refractivity contribution in [3.05, 3.63) is 125 Å². The van der Waals surface area contributed by atoms with Crippen molar-refractivity contribution in [3.8, 4) is 5.75 Å². The number of sulfonamides is 1. The quantitative estimate of drug-likeness (QED) is 0.234. The molecule has 1 atom stereocenters. The number of amides is 2. The van der Waals surface area contributed by atoms with Gasteiger partial charge in [-0.05, 0) is 66.6 Å². The number of hydrogen-bond acceptors (Lipinski definition) is 5. The lowest BCUT2D eigenvalue weighted by molar-refractivity contribution is -0.139. The summed E-state index contributed by atoms with van der Waals surface area (Å²) in [6, 6.07) is 28.3. The van der Waals surface area contributed by atoms with E-state index in [1.54, 1.807) is 60.7 Å². The van der Waals surface area contributed by atoms with Gasteiger partial charge in [0.2, 0.25) is 11.8 Å². The van der Waals surface area contributed by atoms with Gasteiger partial charge in [-0.25, -0.2) is 8.42 Å². The fraction of sp³-hybridized carbons (Fsp3) is 0.212. The molecule has 0 fully saturated rings. The van der Waals surface area contributed by atoms with Crippen LogP contribution in [0.25, 0.3) is 0 Å². The van der Waals surface area contributed by atoms with E-state index >= 15 is 0 Å². The van der Waals surface area contributed by atoms with Gasteiger partial charge >= 0.3 is 0 Å². The molecule has 0 aliphatic carbocycles. The maximum atomic E-state index is 14.3. The molecule has 4 aromatic carbocycles. The first kappa shape index (κ1) is 31.6. The zero-order valence-electron chi connectivity index (χ0n) is 24.2. The van der Waals surface area contributed by atoms with Gasteiger partial charge < -0.3 is 15.0 Å². The standard InChI is InChI=1S/C33H34ClN3O5S/c1-24-9-15-28(16-10-24)37(43(40,41)30-19-17-29(42-3)18-20-30)23-32(38)36(22-26-11-13-27(34)14-12-26)31(33(39)35-2)21-25-7-5-4-6-8-25/h4-20,31H,21-23H2,1-3H3,(H,35,39). The molecule has 4 aromatic rings. The summed E-state index contributed by atoms with van der Waals surface area (Å²) >= 11 is 6.10. The molecular weight excluding hydrogens is 586 g/mol. The Hall–Kier alpha value is -4.34. The van der Waals surface area contributed by atoms with Crippen LogP contribution < -0.4 is 14.4 Å². The number of nitrogens with zero attached hydrogens (tertiary/aromatic N) is 2. The Labute approximate surface area is 257 Å². The largest absolute Gasteiger partial charge is 0.497 e. The van der Waals surface area contributed by atoms with Crippen molar-refractivity contribution in [1.82, 2.24) is 10.2 Å². The van der Waals surface area contributed by atoms with Gasteiger partial charge in [-0.1, -0.05) is 71.8 Å². The Morgan fingerprint density at radius 2 is 1.49 bits per heavy atom. The van der Waals surface area contributed by atoms with Gasteiger partial charge in [-0.15, -0.1) is 0 Å². The number of rotatable bonds is 12. The molecule has 0 saturated carbocycles. The Morgan fingerprint density at radius 1 is 0.860 bits per heavy atom. The second kappa shape index (κ2) is 14.2. The number of carbonyl (C=O) groups is 2. The van der Waals surface area contributed by atoms with Crippen LogP contribution in [0.15, 0.2) is 108 Å². The van der Waals surface area contributed by atoms with E-state index < -0.39 is 28.5 Å². The predicted molar refractivity (Wildman–Crippen MR) is 169 cm³/mol. The Bertz CT molecular complexity index is 1630. The van der Waals surface area contributed by atoms with Crippen molar-refractivity contribution in [3.63, 3.8) is 0 Å². The van der Waals surface area contributed by atoms with Crippen LogP contribution in [0, 0.1) is 6.92 Å². The average molecular weight is 620 g/mol. The zero-order chi connectivity index (χ0) is 31.0. The van der Waals surface area contributed by atoms with Crippen LogP contribution in [0.3, 0.4) is 0 Å². The van der Waals surface area contributed by atoms with Crippen LogP contribution in [-0.4, -0.2) is 51.9 Å². The molecule has 0 saturated heterocycles. The first-order valence-electron chi connectivity index (χ1n) is 13.6. The van der Waals surface area contributed by atoms with Crippen LogP contribution >= 0.6 is 11.6 Å². The minimum atomic E-state index is -4.20. The lowest BCUT2D eigenvalue weighted by Gasteiger charge is -2.33. The molecule has 224 valence electrons. The minimum absolute atomic E-state index is 0.00179. The van der Waals surface area contributed by atoms with E-state index in [0.717, 1.165) is 21.0 Å². The number of nitrogens with one attached hydrogen (secondary N) is 1. The highest BCUT2D eigenvalue weighted by atomic mass is 35.5. The van der Waals surface area contributed by atoms with Crippen molar-refractivity contribution in [2.24, 2.45) is 0 Å². The van der Waals surface area contributed by atoms with Crippen LogP contribution in [0.4, 0.5) is 5.69 Å². The summed E-state index contributed by atoms with van der Waals surface area (Å²) in [6.45, 7) is 1.42. The third kappa shape index (κ3) is 7.94. The molecule has 2 amide bonds. The van der Waals surface area contributed by atoms with Crippen molar-refractivity contribution in [2.45, 2.75) is 30.8 Å². The average Bonchev–Trinajstić information content (AvgIpc) is 3.03. The number of halogens is 1. The van der Waals surface area contributed by atoms with E-state index in [1.165, 1.54) is 31.2 Å². The van der Waals surface area contributed by atoms with Gasteiger partial charge in [0.15, 0.2) is 0 Å². The van der Waals surface area contributed by atoms with Crippen molar-refractivity contribution >= 4 is 39.1 Å². The van der Waals surface area contributed by atoms with Crippen LogP contribution in [0.2, 0.25) is 5.02 Å². The predicted octanol–water partition coefficient (Wildman–Crippen LogP) is 5.24. The highest BCUT2D eigenvalue weighted by molar-refractivity contribution is 7.92. The number of hydrogen-bond donors (Lipinski definition) is 1. The highest BCUT2D eigenvalue weighted by Gasteiger charge is 2.34. The molecule has 1 N–H and O–H groups in total. The lowest BCUT2D eigenvalue weighted by Crippen LogP contribution is -2.53.